The third-order valence-electron chi connectivity index (χ3n) is 4.23. The number of carbonyl (C=O) groups excluding carboxylic acids is 1. The molecular weight excluding hydrogens is 256 g/mol. The van der Waals surface area contributed by atoms with Crippen LogP contribution in [0.2, 0.25) is 0 Å². The lowest BCUT2D eigenvalue weighted by molar-refractivity contribution is -0.0734. The number of hydrogen-bond acceptors (Lipinski definition) is 3. The standard InChI is InChI=1S/C16H20O2S/c1-12-3-2-4-13(9-12)15(17)14-5-7-18-16(10-14)6-8-19-11-16/h2-4,9,14H,5-8,10-11H2,1H3. The van der Waals surface area contributed by atoms with E-state index in [9.17, 15) is 4.79 Å². The predicted octanol–water partition coefficient (Wildman–Crippen LogP) is 3.48. The number of ether oxygens (including phenoxy) is 1. The van der Waals surface area contributed by atoms with Crippen molar-refractivity contribution in [3.05, 3.63) is 35.4 Å². The minimum absolute atomic E-state index is 0.00688. The van der Waals surface area contributed by atoms with E-state index >= 15 is 0 Å². The maximum absolute atomic E-state index is 12.6. The number of hydrogen-bond donors (Lipinski definition) is 0. The van der Waals surface area contributed by atoms with Crippen LogP contribution in [-0.2, 0) is 4.74 Å². The van der Waals surface area contributed by atoms with Crippen molar-refractivity contribution in [2.45, 2.75) is 31.8 Å². The molecule has 3 rings (SSSR count). The fraction of sp³-hybridized carbons (Fsp3) is 0.562. The zero-order valence-corrected chi connectivity index (χ0v) is 12.2. The molecule has 2 saturated heterocycles. The van der Waals surface area contributed by atoms with Crippen LogP contribution in [0.3, 0.4) is 0 Å². The van der Waals surface area contributed by atoms with Crippen LogP contribution in [0.5, 0.6) is 0 Å². The van der Waals surface area contributed by atoms with E-state index in [0.29, 0.717) is 5.78 Å². The first-order valence-electron chi connectivity index (χ1n) is 7.01. The van der Waals surface area contributed by atoms with Crippen molar-refractivity contribution < 1.29 is 9.53 Å². The molecule has 2 fully saturated rings. The fourth-order valence-electron chi connectivity index (χ4n) is 3.15. The molecule has 0 bridgehead atoms. The van der Waals surface area contributed by atoms with E-state index in [1.165, 1.54) is 5.75 Å². The number of rotatable bonds is 2. The van der Waals surface area contributed by atoms with Crippen LogP contribution >= 0.6 is 11.8 Å². The van der Waals surface area contributed by atoms with Crippen LogP contribution in [0.4, 0.5) is 0 Å². The first-order chi connectivity index (χ1) is 9.19. The minimum atomic E-state index is -0.00688. The Morgan fingerprint density at radius 1 is 1.47 bits per heavy atom. The average Bonchev–Trinajstić information content (AvgIpc) is 2.86. The molecule has 2 unspecified atom stereocenters. The summed E-state index contributed by atoms with van der Waals surface area (Å²) in [7, 11) is 0. The van der Waals surface area contributed by atoms with E-state index < -0.39 is 0 Å². The maximum atomic E-state index is 12.6. The highest BCUT2D eigenvalue weighted by atomic mass is 32.2. The molecule has 0 aromatic heterocycles. The van der Waals surface area contributed by atoms with Crippen molar-refractivity contribution in [3.8, 4) is 0 Å². The van der Waals surface area contributed by atoms with E-state index in [1.54, 1.807) is 0 Å². The lowest BCUT2D eigenvalue weighted by Crippen LogP contribution is -2.42. The third-order valence-corrected chi connectivity index (χ3v) is 5.46. The van der Waals surface area contributed by atoms with Crippen molar-refractivity contribution in [2.75, 3.05) is 18.1 Å². The summed E-state index contributed by atoms with van der Waals surface area (Å²) in [5.74, 6) is 2.69. The number of ketones is 1. The monoisotopic (exact) mass is 276 g/mol. The minimum Gasteiger partial charge on any atom is -0.374 e. The van der Waals surface area contributed by atoms with E-state index in [1.807, 2.05) is 43.0 Å². The van der Waals surface area contributed by atoms with Crippen molar-refractivity contribution in [1.82, 2.24) is 0 Å². The summed E-state index contributed by atoms with van der Waals surface area (Å²) >= 11 is 1.96. The summed E-state index contributed by atoms with van der Waals surface area (Å²) in [6, 6.07) is 7.97. The van der Waals surface area contributed by atoms with Crippen molar-refractivity contribution in [3.63, 3.8) is 0 Å². The van der Waals surface area contributed by atoms with E-state index in [-0.39, 0.29) is 11.5 Å². The smallest absolute Gasteiger partial charge is 0.166 e. The normalized spacial score (nSPS) is 30.7. The zero-order chi connectivity index (χ0) is 13.3. The molecule has 19 heavy (non-hydrogen) atoms. The van der Waals surface area contributed by atoms with Gasteiger partial charge in [0.15, 0.2) is 5.78 Å². The predicted molar refractivity (Wildman–Crippen MR) is 78.9 cm³/mol. The SMILES string of the molecule is Cc1cccc(C(=O)C2CCOC3(CCSC3)C2)c1. The molecule has 0 saturated carbocycles. The quantitative estimate of drug-likeness (QED) is 0.774. The van der Waals surface area contributed by atoms with Gasteiger partial charge in [0, 0.05) is 23.8 Å². The Labute approximate surface area is 118 Å². The van der Waals surface area contributed by atoms with E-state index in [0.717, 1.165) is 42.7 Å². The van der Waals surface area contributed by atoms with E-state index in [4.69, 9.17) is 4.74 Å². The topological polar surface area (TPSA) is 26.3 Å². The van der Waals surface area contributed by atoms with Crippen molar-refractivity contribution >= 4 is 17.5 Å². The summed E-state index contributed by atoms with van der Waals surface area (Å²) < 4.78 is 5.99. The molecule has 2 atom stereocenters. The molecule has 2 aliphatic heterocycles. The van der Waals surface area contributed by atoms with Gasteiger partial charge in [0.25, 0.3) is 0 Å². The summed E-state index contributed by atoms with van der Waals surface area (Å²) in [6.07, 6.45) is 2.89. The molecule has 2 aliphatic rings. The number of carbonyl (C=O) groups is 1. The molecule has 0 amide bonds. The fourth-order valence-corrected chi connectivity index (χ4v) is 4.53. The van der Waals surface area contributed by atoms with Crippen LogP contribution < -0.4 is 0 Å². The van der Waals surface area contributed by atoms with Gasteiger partial charge in [-0.15, -0.1) is 0 Å². The number of Topliss-reactive ketones (excluding diaryl/α,β-unsaturated/α-hetero) is 1. The van der Waals surface area contributed by atoms with Crippen LogP contribution in [0.1, 0.15) is 35.2 Å². The molecule has 1 aromatic carbocycles. The van der Waals surface area contributed by atoms with Gasteiger partial charge >= 0.3 is 0 Å². The number of aryl methyl sites for hydroxylation is 1. The van der Waals surface area contributed by atoms with Gasteiger partial charge in [-0.1, -0.05) is 23.8 Å². The Bertz CT molecular complexity index is 477. The van der Waals surface area contributed by atoms with Gasteiger partial charge in [0.05, 0.1) is 5.60 Å². The van der Waals surface area contributed by atoms with Gasteiger partial charge in [-0.25, -0.2) is 0 Å². The molecule has 102 valence electrons. The zero-order valence-electron chi connectivity index (χ0n) is 11.4. The van der Waals surface area contributed by atoms with Gasteiger partial charge in [-0.2, -0.15) is 11.8 Å². The third kappa shape index (κ3) is 2.72. The Morgan fingerprint density at radius 3 is 3.11 bits per heavy atom. The largest absolute Gasteiger partial charge is 0.374 e. The Hall–Kier alpha value is -0.800. The molecule has 0 radical (unpaired) electrons. The van der Waals surface area contributed by atoms with Gasteiger partial charge in [0.2, 0.25) is 0 Å². The summed E-state index contributed by atoms with van der Waals surface area (Å²) in [6.45, 7) is 2.78. The summed E-state index contributed by atoms with van der Waals surface area (Å²) in [5, 5.41) is 0. The van der Waals surface area contributed by atoms with Crippen LogP contribution in [0, 0.1) is 12.8 Å². The number of benzene rings is 1. The Morgan fingerprint density at radius 2 is 2.37 bits per heavy atom. The molecule has 1 spiro atoms. The molecule has 3 heteroatoms. The van der Waals surface area contributed by atoms with Crippen LogP contribution in [-0.4, -0.2) is 29.5 Å². The molecule has 2 heterocycles. The van der Waals surface area contributed by atoms with Crippen molar-refractivity contribution in [2.24, 2.45) is 5.92 Å². The lowest BCUT2D eigenvalue weighted by Gasteiger charge is -2.37. The molecule has 0 N–H and O–H groups in total. The number of thioether (sulfide) groups is 1. The van der Waals surface area contributed by atoms with Gasteiger partial charge in [-0.3, -0.25) is 4.79 Å². The first kappa shape index (κ1) is 13.2. The average molecular weight is 276 g/mol. The lowest BCUT2D eigenvalue weighted by atomic mass is 9.81. The molecule has 0 aliphatic carbocycles. The van der Waals surface area contributed by atoms with Gasteiger partial charge in [0.1, 0.15) is 0 Å². The second-order valence-electron chi connectivity index (χ2n) is 5.76. The summed E-state index contributed by atoms with van der Waals surface area (Å²) in [4.78, 5) is 12.6. The van der Waals surface area contributed by atoms with Crippen molar-refractivity contribution in [1.29, 1.82) is 0 Å². The van der Waals surface area contributed by atoms with Gasteiger partial charge < -0.3 is 4.74 Å². The second-order valence-corrected chi connectivity index (χ2v) is 6.86. The van der Waals surface area contributed by atoms with Crippen LogP contribution in [0.25, 0.3) is 0 Å². The highest BCUT2D eigenvalue weighted by molar-refractivity contribution is 7.99. The molecular formula is C16H20O2S. The summed E-state index contributed by atoms with van der Waals surface area (Å²) in [5.41, 5.74) is 2.02. The van der Waals surface area contributed by atoms with Crippen LogP contribution in [0.15, 0.2) is 24.3 Å². The first-order valence-corrected chi connectivity index (χ1v) is 8.17. The van der Waals surface area contributed by atoms with Gasteiger partial charge in [-0.05, 0) is 38.0 Å². The molecule has 2 nitrogen and oxygen atoms in total. The second kappa shape index (κ2) is 5.29. The molecule has 1 aromatic rings. The Kier molecular flexibility index (Phi) is 3.68. The highest BCUT2D eigenvalue weighted by Gasteiger charge is 2.42. The van der Waals surface area contributed by atoms with E-state index in [2.05, 4.69) is 0 Å². The Balaban J connectivity index is 1.76. The highest BCUT2D eigenvalue weighted by Crippen LogP contribution is 2.41. The maximum Gasteiger partial charge on any atom is 0.166 e.